The maximum absolute atomic E-state index is 13.0. The van der Waals surface area contributed by atoms with Crippen molar-refractivity contribution < 1.29 is 13.2 Å². The highest BCUT2D eigenvalue weighted by Gasteiger charge is 2.30. The number of aryl methyl sites for hydroxylation is 1. The number of hydrogen-bond donors (Lipinski definition) is 2. The first-order valence-corrected chi connectivity index (χ1v) is 10.6. The number of nitrogens with zero attached hydrogens (tertiary/aromatic N) is 3. The third-order valence-electron chi connectivity index (χ3n) is 4.74. The number of imidazole rings is 1. The average molecular weight is 428 g/mol. The van der Waals surface area contributed by atoms with Gasteiger partial charge in [-0.3, -0.25) is 4.79 Å². The molecule has 1 aliphatic rings. The topological polar surface area (TPSA) is 96.3 Å². The highest BCUT2D eigenvalue weighted by molar-refractivity contribution is 7.89. The largest absolute Gasteiger partial charge is 0.336 e. The van der Waals surface area contributed by atoms with Crippen molar-refractivity contribution in [3.05, 3.63) is 53.6 Å². The van der Waals surface area contributed by atoms with Gasteiger partial charge in [0.05, 0.1) is 5.75 Å². The number of aromatic nitrogens is 2. The number of amides is 1. The fourth-order valence-corrected chi connectivity index (χ4v) is 3.69. The number of piperazine rings is 1. The highest BCUT2D eigenvalue weighted by atomic mass is 35.5. The Balaban J connectivity index is 0.00000280. The SMILES string of the molecule is CCS(=O)(=O)NCc1ccc(C(=O)N2CCNCC2c2nccn2C)cc1.Cl. The van der Waals surface area contributed by atoms with E-state index in [0.717, 1.165) is 17.9 Å². The third-order valence-corrected chi connectivity index (χ3v) is 6.08. The summed E-state index contributed by atoms with van der Waals surface area (Å²) in [5, 5.41) is 3.32. The van der Waals surface area contributed by atoms with E-state index in [9.17, 15) is 13.2 Å². The number of nitrogens with one attached hydrogen (secondary N) is 2. The quantitative estimate of drug-likeness (QED) is 0.718. The van der Waals surface area contributed by atoms with Crippen LogP contribution in [0.4, 0.5) is 0 Å². The van der Waals surface area contributed by atoms with Gasteiger partial charge in [-0.15, -0.1) is 12.4 Å². The molecule has 28 heavy (non-hydrogen) atoms. The van der Waals surface area contributed by atoms with Gasteiger partial charge in [0.2, 0.25) is 10.0 Å². The predicted molar refractivity (Wildman–Crippen MR) is 110 cm³/mol. The smallest absolute Gasteiger partial charge is 0.254 e. The standard InChI is InChI=1S/C18H25N5O3S.ClH/c1-3-27(25,26)21-12-14-4-6-15(7-5-14)18(24)23-11-8-19-13-16(23)17-20-9-10-22(17)2;/h4-7,9-10,16,19,21H,3,8,11-13H2,1-2H3;1H. The number of halogens is 1. The minimum atomic E-state index is -3.24. The van der Waals surface area contributed by atoms with Gasteiger partial charge in [0.15, 0.2) is 0 Å². The molecule has 0 spiro atoms. The van der Waals surface area contributed by atoms with Crippen molar-refractivity contribution in [3.63, 3.8) is 0 Å². The molecule has 1 unspecified atom stereocenters. The van der Waals surface area contributed by atoms with Crippen LogP contribution in [-0.4, -0.2) is 54.2 Å². The number of benzene rings is 1. The predicted octanol–water partition coefficient (Wildman–Crippen LogP) is 1.07. The van der Waals surface area contributed by atoms with Crippen LogP contribution in [0.1, 0.15) is 34.7 Å². The van der Waals surface area contributed by atoms with Crippen LogP contribution in [0.25, 0.3) is 0 Å². The second-order valence-electron chi connectivity index (χ2n) is 6.54. The molecule has 1 aromatic heterocycles. The normalized spacial score (nSPS) is 17.2. The van der Waals surface area contributed by atoms with Gasteiger partial charge in [0, 0.05) is 51.2 Å². The Kier molecular flexibility index (Phi) is 7.59. The molecule has 10 heteroatoms. The van der Waals surface area contributed by atoms with Crippen LogP contribution in [0.15, 0.2) is 36.7 Å². The van der Waals surface area contributed by atoms with Gasteiger partial charge < -0.3 is 14.8 Å². The van der Waals surface area contributed by atoms with Crippen LogP contribution in [0.5, 0.6) is 0 Å². The van der Waals surface area contributed by atoms with E-state index in [-0.39, 0.29) is 36.7 Å². The molecule has 1 fully saturated rings. The van der Waals surface area contributed by atoms with E-state index in [4.69, 9.17) is 0 Å². The van der Waals surface area contributed by atoms with Crippen LogP contribution in [0, 0.1) is 0 Å². The summed E-state index contributed by atoms with van der Waals surface area (Å²) < 4.78 is 27.5. The second-order valence-corrected chi connectivity index (χ2v) is 8.63. The Labute approximate surface area is 171 Å². The van der Waals surface area contributed by atoms with Crippen molar-refractivity contribution in [1.29, 1.82) is 0 Å². The lowest BCUT2D eigenvalue weighted by molar-refractivity contribution is 0.0621. The van der Waals surface area contributed by atoms with E-state index in [0.29, 0.717) is 18.7 Å². The number of carbonyl (C=O) groups is 1. The van der Waals surface area contributed by atoms with Gasteiger partial charge in [-0.2, -0.15) is 0 Å². The molecule has 0 saturated carbocycles. The van der Waals surface area contributed by atoms with E-state index in [2.05, 4.69) is 15.0 Å². The monoisotopic (exact) mass is 427 g/mol. The maximum atomic E-state index is 13.0. The van der Waals surface area contributed by atoms with Gasteiger partial charge in [-0.05, 0) is 24.6 Å². The van der Waals surface area contributed by atoms with Crippen molar-refractivity contribution >= 4 is 28.3 Å². The molecule has 0 radical (unpaired) electrons. The Morgan fingerprint density at radius 3 is 2.64 bits per heavy atom. The lowest BCUT2D eigenvalue weighted by atomic mass is 10.1. The van der Waals surface area contributed by atoms with E-state index < -0.39 is 10.0 Å². The van der Waals surface area contributed by atoms with Gasteiger partial charge in [0.1, 0.15) is 11.9 Å². The fourth-order valence-electron chi connectivity index (χ4n) is 3.10. The number of sulfonamides is 1. The van der Waals surface area contributed by atoms with Gasteiger partial charge >= 0.3 is 0 Å². The molecule has 1 saturated heterocycles. The first-order valence-electron chi connectivity index (χ1n) is 8.96. The Morgan fingerprint density at radius 1 is 1.32 bits per heavy atom. The van der Waals surface area contributed by atoms with Crippen molar-refractivity contribution in [1.82, 2.24) is 24.5 Å². The molecule has 154 valence electrons. The van der Waals surface area contributed by atoms with Crippen molar-refractivity contribution in [2.24, 2.45) is 7.05 Å². The Hall–Kier alpha value is -1.94. The molecular weight excluding hydrogens is 402 g/mol. The summed E-state index contributed by atoms with van der Waals surface area (Å²) in [5.41, 5.74) is 1.39. The lowest BCUT2D eigenvalue weighted by Gasteiger charge is -2.35. The van der Waals surface area contributed by atoms with Gasteiger partial charge in [0.25, 0.3) is 5.91 Å². The summed E-state index contributed by atoms with van der Waals surface area (Å²) in [6, 6.07) is 6.93. The minimum Gasteiger partial charge on any atom is -0.336 e. The third kappa shape index (κ3) is 5.11. The molecular formula is C18H26ClN5O3S. The van der Waals surface area contributed by atoms with E-state index in [1.54, 1.807) is 37.4 Å². The number of rotatable bonds is 6. The van der Waals surface area contributed by atoms with Crippen LogP contribution in [0.2, 0.25) is 0 Å². The fraction of sp³-hybridized carbons (Fsp3) is 0.444. The highest BCUT2D eigenvalue weighted by Crippen LogP contribution is 2.23. The molecule has 2 aromatic rings. The summed E-state index contributed by atoms with van der Waals surface area (Å²) in [6.07, 6.45) is 3.61. The zero-order chi connectivity index (χ0) is 19.4. The first-order chi connectivity index (χ1) is 12.9. The van der Waals surface area contributed by atoms with Crippen molar-refractivity contribution in [2.45, 2.75) is 19.5 Å². The summed E-state index contributed by atoms with van der Waals surface area (Å²) in [7, 11) is -1.32. The molecule has 1 aromatic carbocycles. The van der Waals surface area contributed by atoms with Gasteiger partial charge in [-0.25, -0.2) is 18.1 Å². The summed E-state index contributed by atoms with van der Waals surface area (Å²) in [5.74, 6) is 0.840. The molecule has 0 aliphatic carbocycles. The second kappa shape index (κ2) is 9.51. The zero-order valence-corrected chi connectivity index (χ0v) is 17.6. The zero-order valence-electron chi connectivity index (χ0n) is 16.0. The Bertz CT molecular complexity index is 898. The number of carbonyl (C=O) groups excluding carboxylic acids is 1. The molecule has 1 atom stereocenters. The van der Waals surface area contributed by atoms with E-state index in [1.165, 1.54) is 0 Å². The molecule has 2 N–H and O–H groups in total. The molecule has 1 aliphatic heterocycles. The summed E-state index contributed by atoms with van der Waals surface area (Å²) in [6.45, 7) is 3.81. The molecule has 2 heterocycles. The van der Waals surface area contributed by atoms with Crippen LogP contribution in [0.3, 0.4) is 0 Å². The van der Waals surface area contributed by atoms with Gasteiger partial charge in [-0.1, -0.05) is 12.1 Å². The lowest BCUT2D eigenvalue weighted by Crippen LogP contribution is -2.49. The number of hydrogen-bond acceptors (Lipinski definition) is 5. The maximum Gasteiger partial charge on any atom is 0.254 e. The van der Waals surface area contributed by atoms with E-state index in [1.807, 2.05) is 22.7 Å². The molecule has 8 nitrogen and oxygen atoms in total. The summed E-state index contributed by atoms with van der Waals surface area (Å²) in [4.78, 5) is 19.3. The van der Waals surface area contributed by atoms with Crippen molar-refractivity contribution in [2.75, 3.05) is 25.4 Å². The van der Waals surface area contributed by atoms with Crippen LogP contribution in [-0.2, 0) is 23.6 Å². The Morgan fingerprint density at radius 2 is 2.04 bits per heavy atom. The van der Waals surface area contributed by atoms with Crippen molar-refractivity contribution in [3.8, 4) is 0 Å². The van der Waals surface area contributed by atoms with E-state index >= 15 is 0 Å². The van der Waals surface area contributed by atoms with Crippen LogP contribution < -0.4 is 10.0 Å². The average Bonchev–Trinajstić information content (AvgIpc) is 3.12. The van der Waals surface area contributed by atoms with Crippen LogP contribution >= 0.6 is 12.4 Å². The first kappa shape index (κ1) is 22.4. The molecule has 3 rings (SSSR count). The summed E-state index contributed by atoms with van der Waals surface area (Å²) >= 11 is 0. The minimum absolute atomic E-state index is 0. The molecule has 0 bridgehead atoms. The molecule has 1 amide bonds.